The number of fused-ring (bicyclic) bond motifs is 1. The number of nitrogens with zero attached hydrogens (tertiary/aromatic N) is 1. The predicted octanol–water partition coefficient (Wildman–Crippen LogP) is 3.50. The number of aromatic carboxylic acids is 1. The van der Waals surface area contributed by atoms with Crippen molar-refractivity contribution in [1.29, 1.82) is 0 Å². The van der Waals surface area contributed by atoms with E-state index >= 15 is 0 Å². The third-order valence-electron chi connectivity index (χ3n) is 5.94. The van der Waals surface area contributed by atoms with E-state index < -0.39 is 11.9 Å². The number of hydrogen-bond donors (Lipinski definition) is 3. The van der Waals surface area contributed by atoms with Crippen LogP contribution in [-0.2, 0) is 16.0 Å². The largest absolute Gasteiger partial charge is 0.478 e. The molecule has 2 aromatic rings. The summed E-state index contributed by atoms with van der Waals surface area (Å²) in [5.74, 6) is -1.77. The van der Waals surface area contributed by atoms with Crippen LogP contribution in [0.2, 0.25) is 0 Å². The monoisotopic (exact) mass is 449 g/mol. The number of esters is 1. The Balaban J connectivity index is 1.71. The minimum atomic E-state index is -1.06. The molecule has 0 bridgehead atoms. The lowest BCUT2D eigenvalue weighted by Crippen LogP contribution is -2.21. The van der Waals surface area contributed by atoms with Crippen molar-refractivity contribution in [3.05, 3.63) is 64.0 Å². The van der Waals surface area contributed by atoms with Crippen molar-refractivity contribution in [1.82, 2.24) is 9.88 Å². The van der Waals surface area contributed by atoms with Gasteiger partial charge in [-0.25, -0.2) is 9.59 Å². The number of hydrogen-bond acceptors (Lipinski definition) is 5. The van der Waals surface area contributed by atoms with Crippen molar-refractivity contribution >= 4 is 35.2 Å². The van der Waals surface area contributed by atoms with Gasteiger partial charge in [0, 0.05) is 35.7 Å². The third kappa shape index (κ3) is 4.61. The van der Waals surface area contributed by atoms with Gasteiger partial charge >= 0.3 is 11.9 Å². The van der Waals surface area contributed by atoms with Crippen LogP contribution in [0.1, 0.15) is 56.6 Å². The summed E-state index contributed by atoms with van der Waals surface area (Å²) in [5, 5.41) is 12.1. The highest BCUT2D eigenvalue weighted by atomic mass is 16.5. The molecule has 2 aliphatic rings. The lowest BCUT2D eigenvalue weighted by atomic mass is 9.99. The van der Waals surface area contributed by atoms with E-state index in [4.69, 9.17) is 4.74 Å². The Morgan fingerprint density at radius 3 is 2.70 bits per heavy atom. The van der Waals surface area contributed by atoms with Gasteiger partial charge < -0.3 is 20.1 Å². The first-order valence-electron chi connectivity index (χ1n) is 11.1. The van der Waals surface area contributed by atoms with E-state index in [0.29, 0.717) is 40.2 Å². The Labute approximate surface area is 191 Å². The van der Waals surface area contributed by atoms with E-state index in [-0.39, 0.29) is 18.1 Å². The summed E-state index contributed by atoms with van der Waals surface area (Å²) >= 11 is 0. The number of aromatic nitrogens is 1. The Hall–Kier alpha value is -3.65. The fourth-order valence-corrected chi connectivity index (χ4v) is 4.36. The first-order valence-corrected chi connectivity index (χ1v) is 11.1. The van der Waals surface area contributed by atoms with Crippen molar-refractivity contribution in [3.63, 3.8) is 0 Å². The number of H-pyrrole nitrogens is 1. The predicted molar refractivity (Wildman–Crippen MR) is 125 cm³/mol. The van der Waals surface area contributed by atoms with E-state index in [1.165, 1.54) is 12.1 Å². The van der Waals surface area contributed by atoms with Gasteiger partial charge in [-0.2, -0.15) is 0 Å². The second-order valence-electron chi connectivity index (χ2n) is 8.15. The number of benzene rings is 1. The van der Waals surface area contributed by atoms with Crippen molar-refractivity contribution in [2.45, 2.75) is 26.7 Å². The zero-order chi connectivity index (χ0) is 23.5. The van der Waals surface area contributed by atoms with Crippen LogP contribution in [0.15, 0.2) is 30.4 Å². The lowest BCUT2D eigenvalue weighted by molar-refractivity contribution is -0.110. The van der Waals surface area contributed by atoms with Gasteiger partial charge in [-0.3, -0.25) is 9.69 Å². The van der Waals surface area contributed by atoms with Crippen molar-refractivity contribution in [2.24, 2.45) is 0 Å². The highest BCUT2D eigenvalue weighted by molar-refractivity contribution is 6.35. The molecule has 0 saturated heterocycles. The molecule has 0 saturated carbocycles. The minimum Gasteiger partial charge on any atom is -0.478 e. The van der Waals surface area contributed by atoms with Gasteiger partial charge in [0.2, 0.25) is 0 Å². The number of aromatic amines is 1. The normalized spacial score (nSPS) is 16.3. The molecule has 1 aromatic heterocycles. The topological polar surface area (TPSA) is 112 Å². The van der Waals surface area contributed by atoms with Crippen LogP contribution in [0.5, 0.6) is 0 Å². The zero-order valence-electron chi connectivity index (χ0n) is 18.7. The molecular weight excluding hydrogens is 422 g/mol. The highest BCUT2D eigenvalue weighted by Gasteiger charge is 2.27. The maximum atomic E-state index is 12.7. The molecule has 0 fully saturated rings. The number of rotatable bonds is 8. The van der Waals surface area contributed by atoms with Crippen LogP contribution in [0.3, 0.4) is 0 Å². The molecule has 33 heavy (non-hydrogen) atoms. The molecule has 8 heteroatoms. The molecule has 172 valence electrons. The maximum Gasteiger partial charge on any atom is 0.340 e. The van der Waals surface area contributed by atoms with E-state index in [2.05, 4.69) is 27.4 Å². The quantitative estimate of drug-likeness (QED) is 0.323. The van der Waals surface area contributed by atoms with E-state index in [1.54, 1.807) is 19.1 Å². The van der Waals surface area contributed by atoms with Crippen molar-refractivity contribution < 1.29 is 24.2 Å². The van der Waals surface area contributed by atoms with Gasteiger partial charge in [-0.1, -0.05) is 12.2 Å². The summed E-state index contributed by atoms with van der Waals surface area (Å²) in [6, 6.07) is 4.54. The fraction of sp³-hybridized carbons (Fsp3) is 0.320. The molecule has 0 radical (unpaired) electrons. The van der Waals surface area contributed by atoms with Gasteiger partial charge in [0.05, 0.1) is 23.3 Å². The number of aryl methyl sites for hydroxylation is 1. The molecule has 3 N–H and O–H groups in total. The Morgan fingerprint density at radius 2 is 2.00 bits per heavy atom. The van der Waals surface area contributed by atoms with Crippen LogP contribution >= 0.6 is 0 Å². The summed E-state index contributed by atoms with van der Waals surface area (Å²) in [4.78, 5) is 42.4. The summed E-state index contributed by atoms with van der Waals surface area (Å²) < 4.78 is 5.29. The lowest BCUT2D eigenvalue weighted by Gasteiger charge is -2.14. The highest BCUT2D eigenvalue weighted by Crippen LogP contribution is 2.35. The summed E-state index contributed by atoms with van der Waals surface area (Å²) in [5.41, 5.74) is 4.19. The van der Waals surface area contributed by atoms with E-state index in [9.17, 15) is 19.5 Å². The van der Waals surface area contributed by atoms with Crippen LogP contribution in [0.4, 0.5) is 5.69 Å². The first-order chi connectivity index (χ1) is 15.9. The first kappa shape index (κ1) is 22.5. The number of carboxylic acid groups (broad SMARTS) is 1. The molecule has 0 aliphatic carbocycles. The number of nitrogens with one attached hydrogen (secondary N) is 2. The van der Waals surface area contributed by atoms with Crippen LogP contribution in [-0.4, -0.2) is 59.1 Å². The molecule has 2 aliphatic heterocycles. The Bertz CT molecular complexity index is 1170. The number of carboxylic acids is 1. The summed E-state index contributed by atoms with van der Waals surface area (Å²) in [6.45, 7) is 6.59. The van der Waals surface area contributed by atoms with Gasteiger partial charge in [0.1, 0.15) is 0 Å². The van der Waals surface area contributed by atoms with Crippen LogP contribution in [0.25, 0.3) is 11.6 Å². The number of carbonyl (C=O) groups is 3. The Kier molecular flexibility index (Phi) is 6.46. The maximum absolute atomic E-state index is 12.7. The van der Waals surface area contributed by atoms with E-state index in [0.717, 1.165) is 31.6 Å². The number of amides is 1. The average Bonchev–Trinajstić information content (AvgIpc) is 3.47. The molecule has 4 rings (SSSR count). The van der Waals surface area contributed by atoms with Crippen LogP contribution < -0.4 is 5.32 Å². The SMILES string of the molecule is CCOC(=O)c1c(C)[nH]c(C=C2C(=O)Nc3ccc(C(=O)O)cc32)c1CCCN1CC=CC1. The molecule has 1 aromatic carbocycles. The van der Waals surface area contributed by atoms with Gasteiger partial charge in [-0.15, -0.1) is 0 Å². The van der Waals surface area contributed by atoms with Crippen molar-refractivity contribution in [3.8, 4) is 0 Å². The average molecular weight is 450 g/mol. The number of anilines is 1. The molecular formula is C25H27N3O5. The minimum absolute atomic E-state index is 0.102. The number of ether oxygens (including phenoxy) is 1. The van der Waals surface area contributed by atoms with Crippen LogP contribution in [0, 0.1) is 6.92 Å². The molecule has 0 unspecified atom stereocenters. The number of carbonyl (C=O) groups excluding carboxylic acids is 2. The summed E-state index contributed by atoms with van der Waals surface area (Å²) in [7, 11) is 0. The second kappa shape index (κ2) is 9.46. The zero-order valence-corrected chi connectivity index (χ0v) is 18.7. The molecule has 1 amide bonds. The van der Waals surface area contributed by atoms with Crippen molar-refractivity contribution in [2.75, 3.05) is 31.6 Å². The standard InChI is InChI=1S/C25H27N3O5/c1-3-33-25(32)22-15(2)26-21(17(22)7-6-12-28-10-4-5-11-28)14-19-18-13-16(24(30)31)8-9-20(18)27-23(19)29/h4-5,8-9,13-14,26H,3,6-7,10-12H2,1-2H3,(H,27,29)(H,30,31). The van der Waals surface area contributed by atoms with Gasteiger partial charge in [0.15, 0.2) is 0 Å². The van der Waals surface area contributed by atoms with E-state index in [1.807, 2.05) is 6.92 Å². The Morgan fingerprint density at radius 1 is 1.24 bits per heavy atom. The fourth-order valence-electron chi connectivity index (χ4n) is 4.36. The molecule has 8 nitrogen and oxygen atoms in total. The summed E-state index contributed by atoms with van der Waals surface area (Å²) in [6.07, 6.45) is 7.46. The van der Waals surface area contributed by atoms with Gasteiger partial charge in [-0.05, 0) is 63.1 Å². The second-order valence-corrected chi connectivity index (χ2v) is 8.15. The van der Waals surface area contributed by atoms with Gasteiger partial charge in [0.25, 0.3) is 5.91 Å². The third-order valence-corrected chi connectivity index (χ3v) is 5.94. The molecule has 0 atom stereocenters. The molecule has 0 spiro atoms. The molecule has 3 heterocycles. The smallest absolute Gasteiger partial charge is 0.340 e.